The van der Waals surface area contributed by atoms with Crippen molar-refractivity contribution in [2.45, 2.75) is 6.92 Å². The van der Waals surface area contributed by atoms with Gasteiger partial charge in [-0.3, -0.25) is 14.6 Å². The van der Waals surface area contributed by atoms with Crippen molar-refractivity contribution < 1.29 is 13.2 Å². The molecule has 0 unspecified atom stereocenters. The van der Waals surface area contributed by atoms with Crippen molar-refractivity contribution >= 4 is 33.3 Å². The number of nitrogens with two attached hydrogens (primary N) is 1. The van der Waals surface area contributed by atoms with E-state index in [2.05, 4.69) is 30.4 Å². The highest BCUT2D eigenvalue weighted by Crippen LogP contribution is 2.29. The third-order valence-corrected chi connectivity index (χ3v) is 4.96. The molecule has 0 aliphatic carbocycles. The van der Waals surface area contributed by atoms with Gasteiger partial charge in [0.05, 0.1) is 5.75 Å². The minimum atomic E-state index is -3.37. The molecule has 10 nitrogen and oxygen atoms in total. The van der Waals surface area contributed by atoms with Gasteiger partial charge in [0.15, 0.2) is 5.82 Å². The summed E-state index contributed by atoms with van der Waals surface area (Å²) >= 11 is 0. The quantitative estimate of drug-likeness (QED) is 0.478. The molecule has 2 aromatic heterocycles. The summed E-state index contributed by atoms with van der Waals surface area (Å²) in [6.07, 6.45) is 1.52. The second-order valence-corrected chi connectivity index (χ2v) is 7.51. The predicted molar refractivity (Wildman–Crippen MR) is 101 cm³/mol. The topological polar surface area (TPSA) is 156 Å². The lowest BCUT2D eigenvalue weighted by atomic mass is 10.1. The van der Waals surface area contributed by atoms with E-state index in [4.69, 9.17) is 5.73 Å². The first kappa shape index (κ1) is 18.3. The fraction of sp³-hybridized carbons (Fsp3) is 0.125. The lowest BCUT2D eigenvalue weighted by molar-refractivity contribution is 0.100. The minimum absolute atomic E-state index is 0.0304. The molecular formula is C16H17N7O3S. The maximum absolute atomic E-state index is 12.0. The predicted octanol–water partition coefficient (Wildman–Crippen LogP) is 1.47. The Morgan fingerprint density at radius 1 is 1.22 bits per heavy atom. The van der Waals surface area contributed by atoms with E-state index in [9.17, 15) is 13.2 Å². The van der Waals surface area contributed by atoms with Crippen molar-refractivity contribution in [1.29, 1.82) is 0 Å². The number of primary amides is 1. The van der Waals surface area contributed by atoms with Crippen LogP contribution in [0, 0.1) is 0 Å². The number of aromatic nitrogens is 4. The number of nitrogens with zero attached hydrogens (tertiary/aromatic N) is 3. The average molecular weight is 387 g/mol. The highest BCUT2D eigenvalue weighted by Gasteiger charge is 2.20. The number of anilines is 3. The second kappa shape index (κ2) is 7.41. The maximum atomic E-state index is 12.0. The molecule has 0 bridgehead atoms. The average Bonchev–Trinajstić information content (AvgIpc) is 3.07. The Balaban J connectivity index is 1.91. The zero-order chi connectivity index (χ0) is 19.4. The summed E-state index contributed by atoms with van der Waals surface area (Å²) in [6, 6.07) is 9.81. The standard InChI is InChI=1S/C16H17N7O3S/c1-2-27(25,26)23-11-7-5-10(6-8-11)14-13(15(17)24)16(22-21-14)19-12-4-3-9-18-20-12/h3-9,23H,2H2,1H3,(H2,17,24)(H2,19,20,21,22). The SMILES string of the molecule is CCS(=O)(=O)Nc1ccc(-c2n[nH]c(Nc3cccnn3)c2C(N)=O)cc1. The van der Waals surface area contributed by atoms with Gasteiger partial charge in [-0.1, -0.05) is 12.1 Å². The first-order valence-electron chi connectivity index (χ1n) is 7.93. The second-order valence-electron chi connectivity index (χ2n) is 5.50. The molecule has 0 saturated carbocycles. The number of sulfonamides is 1. The van der Waals surface area contributed by atoms with E-state index >= 15 is 0 Å². The van der Waals surface area contributed by atoms with Gasteiger partial charge in [-0.05, 0) is 31.2 Å². The molecule has 0 atom stereocenters. The summed E-state index contributed by atoms with van der Waals surface area (Å²) in [7, 11) is -3.37. The van der Waals surface area contributed by atoms with Crippen LogP contribution in [0.15, 0.2) is 42.6 Å². The Hall–Kier alpha value is -3.47. The molecule has 0 saturated heterocycles. The van der Waals surface area contributed by atoms with Gasteiger partial charge >= 0.3 is 0 Å². The van der Waals surface area contributed by atoms with Gasteiger partial charge in [0.25, 0.3) is 5.91 Å². The van der Waals surface area contributed by atoms with Gasteiger partial charge < -0.3 is 11.1 Å². The van der Waals surface area contributed by atoms with Crippen LogP contribution in [-0.4, -0.2) is 40.5 Å². The molecule has 0 aliphatic rings. The number of carbonyl (C=O) groups is 1. The van der Waals surface area contributed by atoms with E-state index in [1.807, 2.05) is 0 Å². The molecule has 3 aromatic rings. The number of hydrogen-bond donors (Lipinski definition) is 4. The summed E-state index contributed by atoms with van der Waals surface area (Å²) in [6.45, 7) is 1.55. The summed E-state index contributed by atoms with van der Waals surface area (Å²) in [5, 5.41) is 17.4. The molecule has 0 spiro atoms. The normalized spacial score (nSPS) is 11.1. The molecule has 140 valence electrons. The van der Waals surface area contributed by atoms with E-state index in [1.54, 1.807) is 43.3 Å². The molecule has 1 amide bonds. The maximum Gasteiger partial charge on any atom is 0.254 e. The van der Waals surface area contributed by atoms with E-state index in [0.29, 0.717) is 22.8 Å². The van der Waals surface area contributed by atoms with Crippen LogP contribution >= 0.6 is 0 Å². The van der Waals surface area contributed by atoms with E-state index in [-0.39, 0.29) is 17.1 Å². The van der Waals surface area contributed by atoms with Gasteiger partial charge in [0.2, 0.25) is 10.0 Å². The van der Waals surface area contributed by atoms with Gasteiger partial charge in [-0.15, -0.1) is 5.10 Å². The van der Waals surface area contributed by atoms with Crippen LogP contribution in [0.4, 0.5) is 17.3 Å². The molecule has 1 aromatic carbocycles. The van der Waals surface area contributed by atoms with Gasteiger partial charge in [0.1, 0.15) is 17.1 Å². The van der Waals surface area contributed by atoms with Crippen LogP contribution in [0.3, 0.4) is 0 Å². The van der Waals surface area contributed by atoms with Crippen molar-refractivity contribution in [1.82, 2.24) is 20.4 Å². The van der Waals surface area contributed by atoms with Crippen molar-refractivity contribution in [2.75, 3.05) is 15.8 Å². The monoisotopic (exact) mass is 387 g/mol. The first-order chi connectivity index (χ1) is 12.9. The molecule has 11 heteroatoms. The lowest BCUT2D eigenvalue weighted by Crippen LogP contribution is -2.14. The fourth-order valence-electron chi connectivity index (χ4n) is 2.33. The van der Waals surface area contributed by atoms with Crippen molar-refractivity contribution in [3.05, 3.63) is 48.2 Å². The van der Waals surface area contributed by atoms with Crippen LogP contribution in [0.5, 0.6) is 0 Å². The molecule has 0 radical (unpaired) electrons. The highest BCUT2D eigenvalue weighted by molar-refractivity contribution is 7.92. The van der Waals surface area contributed by atoms with Crippen molar-refractivity contribution in [3.63, 3.8) is 0 Å². The zero-order valence-corrected chi connectivity index (χ0v) is 15.1. The lowest BCUT2D eigenvalue weighted by Gasteiger charge is -2.07. The molecule has 5 N–H and O–H groups in total. The third-order valence-electron chi connectivity index (χ3n) is 3.65. The smallest absolute Gasteiger partial charge is 0.254 e. The third kappa shape index (κ3) is 4.20. The Morgan fingerprint density at radius 2 is 1.96 bits per heavy atom. The first-order valence-corrected chi connectivity index (χ1v) is 9.58. The fourth-order valence-corrected chi connectivity index (χ4v) is 2.96. The number of benzene rings is 1. The van der Waals surface area contributed by atoms with E-state index in [1.165, 1.54) is 6.20 Å². The molecule has 3 rings (SSSR count). The summed E-state index contributed by atoms with van der Waals surface area (Å²) in [4.78, 5) is 12.0. The molecular weight excluding hydrogens is 370 g/mol. The summed E-state index contributed by atoms with van der Waals surface area (Å²) in [5.41, 5.74) is 7.00. The number of aromatic amines is 1. The minimum Gasteiger partial charge on any atom is -0.365 e. The van der Waals surface area contributed by atoms with Crippen LogP contribution in [-0.2, 0) is 10.0 Å². The Bertz CT molecular complexity index is 1050. The number of H-pyrrole nitrogens is 1. The van der Waals surface area contributed by atoms with Gasteiger partial charge in [0, 0.05) is 17.4 Å². The zero-order valence-electron chi connectivity index (χ0n) is 14.3. The van der Waals surface area contributed by atoms with Crippen molar-refractivity contribution in [3.8, 4) is 11.3 Å². The Kier molecular flexibility index (Phi) is 5.03. The van der Waals surface area contributed by atoms with Crippen LogP contribution in [0.1, 0.15) is 17.3 Å². The number of rotatable bonds is 7. The van der Waals surface area contributed by atoms with Crippen molar-refractivity contribution in [2.24, 2.45) is 5.73 Å². The highest BCUT2D eigenvalue weighted by atomic mass is 32.2. The number of carbonyl (C=O) groups excluding carboxylic acids is 1. The molecule has 27 heavy (non-hydrogen) atoms. The Labute approximate surface area is 155 Å². The van der Waals surface area contributed by atoms with Crippen LogP contribution in [0.2, 0.25) is 0 Å². The number of nitrogens with one attached hydrogen (secondary N) is 3. The number of hydrogen-bond acceptors (Lipinski definition) is 7. The van der Waals surface area contributed by atoms with E-state index < -0.39 is 15.9 Å². The molecule has 2 heterocycles. The summed E-state index contributed by atoms with van der Waals surface area (Å²) in [5.74, 6) is -0.00801. The van der Waals surface area contributed by atoms with Gasteiger partial charge in [-0.25, -0.2) is 8.42 Å². The van der Waals surface area contributed by atoms with Crippen LogP contribution in [0.25, 0.3) is 11.3 Å². The van der Waals surface area contributed by atoms with Crippen LogP contribution < -0.4 is 15.8 Å². The Morgan fingerprint density at radius 3 is 2.56 bits per heavy atom. The summed E-state index contributed by atoms with van der Waals surface area (Å²) < 4.78 is 25.7. The molecule has 0 fully saturated rings. The number of amides is 1. The largest absolute Gasteiger partial charge is 0.365 e. The van der Waals surface area contributed by atoms with E-state index in [0.717, 1.165) is 0 Å². The van der Waals surface area contributed by atoms with Gasteiger partial charge in [-0.2, -0.15) is 10.2 Å². The molecule has 0 aliphatic heterocycles.